The third-order valence-electron chi connectivity index (χ3n) is 6.37. The van der Waals surface area contributed by atoms with Crippen LogP contribution in [0.4, 0.5) is 0 Å². The second-order valence-electron chi connectivity index (χ2n) is 9.33. The van der Waals surface area contributed by atoms with Crippen LogP contribution in [0.1, 0.15) is 48.3 Å². The molecule has 2 atom stereocenters. The predicted octanol–water partition coefficient (Wildman–Crippen LogP) is 3.65. The summed E-state index contributed by atoms with van der Waals surface area (Å²) in [5.74, 6) is -0.137. The van der Waals surface area contributed by atoms with E-state index >= 15 is 0 Å². The van der Waals surface area contributed by atoms with Crippen molar-refractivity contribution in [2.45, 2.75) is 51.4 Å². The van der Waals surface area contributed by atoms with Gasteiger partial charge in [0.25, 0.3) is 5.91 Å². The van der Waals surface area contributed by atoms with Gasteiger partial charge in [-0.1, -0.05) is 6.07 Å². The Labute approximate surface area is 199 Å². The summed E-state index contributed by atoms with van der Waals surface area (Å²) in [6, 6.07) is 9.96. The Balaban J connectivity index is 1.40. The molecule has 0 bridgehead atoms. The zero-order chi connectivity index (χ0) is 23.8. The zero-order valence-corrected chi connectivity index (χ0v) is 20.0. The van der Waals surface area contributed by atoms with Crippen molar-refractivity contribution < 1.29 is 9.53 Å². The van der Waals surface area contributed by atoms with Gasteiger partial charge in [-0.2, -0.15) is 5.10 Å². The van der Waals surface area contributed by atoms with Gasteiger partial charge in [0.1, 0.15) is 11.4 Å². The van der Waals surface area contributed by atoms with Gasteiger partial charge in [0.05, 0.1) is 28.9 Å². The van der Waals surface area contributed by atoms with Crippen molar-refractivity contribution in [2.24, 2.45) is 14.1 Å². The minimum atomic E-state index is -0.137. The van der Waals surface area contributed by atoms with Crippen molar-refractivity contribution in [1.82, 2.24) is 29.6 Å². The molecule has 1 aliphatic rings. The van der Waals surface area contributed by atoms with E-state index in [1.54, 1.807) is 4.68 Å². The lowest BCUT2D eigenvalue weighted by Gasteiger charge is -2.32. The van der Waals surface area contributed by atoms with Crippen molar-refractivity contribution in [1.29, 1.82) is 0 Å². The fourth-order valence-corrected chi connectivity index (χ4v) is 4.88. The Bertz CT molecular complexity index is 1310. The number of nitrogens with zero attached hydrogens (tertiary/aromatic N) is 5. The number of ether oxygens (including phenoxy) is 1. The standard InChI is InChI=1S/C26H30N6O2/c1-16-11-20(12-17(2)34-16)28-26(33)24-14-19(25-23(29-24)7-9-31(25)3)13-18-5-6-21(27-15-18)22-8-10-32(4)30-22/h5-10,14-17,20H,11-13H2,1-4H3,(H,28,33). The second-order valence-corrected chi connectivity index (χ2v) is 9.33. The van der Waals surface area contributed by atoms with Crippen LogP contribution < -0.4 is 5.32 Å². The van der Waals surface area contributed by atoms with E-state index in [-0.39, 0.29) is 24.2 Å². The predicted molar refractivity (Wildman–Crippen MR) is 130 cm³/mol. The number of pyridine rings is 2. The normalized spacial score (nSPS) is 20.5. The van der Waals surface area contributed by atoms with E-state index in [2.05, 4.69) is 31.0 Å². The van der Waals surface area contributed by atoms with Gasteiger partial charge < -0.3 is 14.6 Å². The van der Waals surface area contributed by atoms with Gasteiger partial charge in [-0.3, -0.25) is 14.5 Å². The molecule has 4 aromatic heterocycles. The van der Waals surface area contributed by atoms with Gasteiger partial charge in [0.2, 0.25) is 0 Å². The third kappa shape index (κ3) is 4.59. The minimum absolute atomic E-state index is 0.0892. The number of amides is 1. The van der Waals surface area contributed by atoms with Crippen LogP contribution in [-0.4, -0.2) is 48.5 Å². The lowest BCUT2D eigenvalue weighted by atomic mass is 9.99. The van der Waals surface area contributed by atoms with Crippen molar-refractivity contribution in [3.05, 3.63) is 65.7 Å². The van der Waals surface area contributed by atoms with Crippen molar-refractivity contribution in [3.8, 4) is 11.4 Å². The van der Waals surface area contributed by atoms with Crippen LogP contribution in [-0.2, 0) is 25.3 Å². The summed E-state index contributed by atoms with van der Waals surface area (Å²) < 4.78 is 9.63. The number of fused-ring (bicyclic) bond motifs is 1. The van der Waals surface area contributed by atoms with E-state index in [4.69, 9.17) is 4.74 Å². The van der Waals surface area contributed by atoms with Crippen LogP contribution in [0.3, 0.4) is 0 Å². The van der Waals surface area contributed by atoms with Gasteiger partial charge in [-0.25, -0.2) is 4.98 Å². The summed E-state index contributed by atoms with van der Waals surface area (Å²) in [5.41, 5.74) is 6.08. The van der Waals surface area contributed by atoms with Crippen LogP contribution in [0.25, 0.3) is 22.4 Å². The smallest absolute Gasteiger partial charge is 0.270 e. The number of carbonyl (C=O) groups is 1. The van der Waals surface area contributed by atoms with E-state index in [9.17, 15) is 4.79 Å². The molecule has 34 heavy (non-hydrogen) atoms. The Hall–Kier alpha value is -3.52. The van der Waals surface area contributed by atoms with Gasteiger partial charge in [0.15, 0.2) is 0 Å². The first kappa shape index (κ1) is 22.3. The molecule has 1 saturated heterocycles. The molecule has 8 heteroatoms. The maximum absolute atomic E-state index is 13.1. The molecule has 2 unspecified atom stereocenters. The van der Waals surface area contributed by atoms with Gasteiger partial charge in [-0.05, 0) is 62.1 Å². The number of hydrogen-bond donors (Lipinski definition) is 1. The Morgan fingerprint density at radius 1 is 1.09 bits per heavy atom. The second kappa shape index (κ2) is 9.02. The maximum Gasteiger partial charge on any atom is 0.270 e. The molecule has 1 fully saturated rings. The molecule has 5 heterocycles. The van der Waals surface area contributed by atoms with Crippen molar-refractivity contribution >= 4 is 16.9 Å². The number of hydrogen-bond acceptors (Lipinski definition) is 5. The van der Waals surface area contributed by atoms with Crippen molar-refractivity contribution in [2.75, 3.05) is 0 Å². The van der Waals surface area contributed by atoms with E-state index in [1.807, 2.05) is 70.8 Å². The molecular formula is C26H30N6O2. The van der Waals surface area contributed by atoms with Crippen LogP contribution in [0.2, 0.25) is 0 Å². The summed E-state index contributed by atoms with van der Waals surface area (Å²) in [7, 11) is 3.89. The quantitative estimate of drug-likeness (QED) is 0.493. The molecule has 8 nitrogen and oxygen atoms in total. The fourth-order valence-electron chi connectivity index (χ4n) is 4.88. The Morgan fingerprint density at radius 3 is 2.56 bits per heavy atom. The van der Waals surface area contributed by atoms with E-state index in [0.29, 0.717) is 12.1 Å². The zero-order valence-electron chi connectivity index (χ0n) is 20.0. The lowest BCUT2D eigenvalue weighted by molar-refractivity contribution is -0.0408. The lowest BCUT2D eigenvalue weighted by Crippen LogP contribution is -2.44. The summed E-state index contributed by atoms with van der Waals surface area (Å²) in [5, 5.41) is 7.60. The summed E-state index contributed by atoms with van der Waals surface area (Å²) in [6.07, 6.45) is 8.30. The molecule has 0 spiro atoms. The summed E-state index contributed by atoms with van der Waals surface area (Å²) in [6.45, 7) is 4.10. The first-order valence-corrected chi connectivity index (χ1v) is 11.7. The molecule has 0 saturated carbocycles. The van der Waals surface area contributed by atoms with Crippen LogP contribution in [0.15, 0.2) is 48.9 Å². The number of nitrogens with one attached hydrogen (secondary N) is 1. The molecule has 4 aromatic rings. The molecule has 1 amide bonds. The molecule has 176 valence electrons. The average molecular weight is 459 g/mol. The first-order valence-electron chi connectivity index (χ1n) is 11.7. The number of rotatable bonds is 5. The number of aryl methyl sites for hydroxylation is 2. The summed E-state index contributed by atoms with van der Waals surface area (Å²) in [4.78, 5) is 22.4. The highest BCUT2D eigenvalue weighted by Gasteiger charge is 2.26. The van der Waals surface area contributed by atoms with Crippen LogP contribution in [0.5, 0.6) is 0 Å². The van der Waals surface area contributed by atoms with E-state index in [0.717, 1.165) is 46.4 Å². The average Bonchev–Trinajstić information content (AvgIpc) is 3.39. The SMILES string of the molecule is CC1CC(NC(=O)c2cc(Cc3ccc(-c4ccn(C)n4)nc3)c3c(ccn3C)n2)CC(C)O1. The van der Waals surface area contributed by atoms with Gasteiger partial charge in [0, 0.05) is 45.1 Å². The minimum Gasteiger partial charge on any atom is -0.375 e. The number of carbonyl (C=O) groups excluding carboxylic acids is 1. The van der Waals surface area contributed by atoms with E-state index in [1.165, 1.54) is 0 Å². The maximum atomic E-state index is 13.1. The number of aromatic nitrogens is 5. The van der Waals surface area contributed by atoms with Gasteiger partial charge in [-0.15, -0.1) is 0 Å². The molecule has 5 rings (SSSR count). The van der Waals surface area contributed by atoms with Crippen LogP contribution >= 0.6 is 0 Å². The monoisotopic (exact) mass is 458 g/mol. The Morgan fingerprint density at radius 2 is 1.88 bits per heavy atom. The fraction of sp³-hybridized carbons (Fsp3) is 0.385. The first-order chi connectivity index (χ1) is 16.4. The highest BCUT2D eigenvalue weighted by Crippen LogP contribution is 2.24. The largest absolute Gasteiger partial charge is 0.375 e. The highest BCUT2D eigenvalue weighted by molar-refractivity contribution is 5.95. The molecule has 1 N–H and O–H groups in total. The van der Waals surface area contributed by atoms with Crippen LogP contribution in [0, 0.1) is 0 Å². The molecule has 0 aromatic carbocycles. The highest BCUT2D eigenvalue weighted by atomic mass is 16.5. The third-order valence-corrected chi connectivity index (χ3v) is 6.37. The molecule has 0 aliphatic carbocycles. The van der Waals surface area contributed by atoms with Crippen molar-refractivity contribution in [3.63, 3.8) is 0 Å². The van der Waals surface area contributed by atoms with E-state index < -0.39 is 0 Å². The Kier molecular flexibility index (Phi) is 5.91. The summed E-state index contributed by atoms with van der Waals surface area (Å²) >= 11 is 0. The van der Waals surface area contributed by atoms with Gasteiger partial charge >= 0.3 is 0 Å². The molecular weight excluding hydrogens is 428 g/mol. The molecule has 0 radical (unpaired) electrons. The topological polar surface area (TPSA) is 86.9 Å². The molecule has 1 aliphatic heterocycles.